The largest absolute Gasteiger partial charge is 0.386 e. The summed E-state index contributed by atoms with van der Waals surface area (Å²) < 4.78 is 3.65. The molecule has 7 aliphatic rings. The van der Waals surface area contributed by atoms with Crippen LogP contribution < -0.4 is 15.5 Å². The van der Waals surface area contributed by atoms with Crippen LogP contribution in [0.2, 0.25) is 0 Å². The van der Waals surface area contributed by atoms with Gasteiger partial charge in [0, 0.05) is 98.4 Å². The molecule has 1 atom stereocenters. The first-order valence-electron chi connectivity index (χ1n) is 22.2. The van der Waals surface area contributed by atoms with Crippen molar-refractivity contribution in [2.45, 2.75) is 88.1 Å². The molecule has 3 saturated carbocycles. The summed E-state index contributed by atoms with van der Waals surface area (Å²) in [6.45, 7) is 18.5. The van der Waals surface area contributed by atoms with Crippen LogP contribution in [-0.2, 0) is 27.3 Å². The van der Waals surface area contributed by atoms with E-state index in [1.165, 1.54) is 10.7 Å². The van der Waals surface area contributed by atoms with Gasteiger partial charge in [-0.2, -0.15) is 10.2 Å². The summed E-state index contributed by atoms with van der Waals surface area (Å²) in [6, 6.07) is 14.4. The van der Waals surface area contributed by atoms with Gasteiger partial charge in [0.2, 0.25) is 17.5 Å². The summed E-state index contributed by atoms with van der Waals surface area (Å²) >= 11 is 0. The van der Waals surface area contributed by atoms with Crippen molar-refractivity contribution in [1.29, 1.82) is 0 Å². The first-order chi connectivity index (χ1) is 30.3. The predicted octanol–water partition coefficient (Wildman–Crippen LogP) is 4.64. The Morgan fingerprint density at radius 2 is 1.75 bits per heavy atom. The molecule has 0 spiro atoms. The lowest BCUT2D eigenvalue weighted by atomic mass is 9.43. The number of benzene rings is 2. The molecule has 0 radical (unpaired) electrons. The maximum atomic E-state index is 13.6. The summed E-state index contributed by atoms with van der Waals surface area (Å²) in [5.74, 6) is -0.505. The van der Waals surface area contributed by atoms with Gasteiger partial charge in [-0.25, -0.2) is 9.36 Å². The number of amides is 4. The van der Waals surface area contributed by atoms with E-state index in [9.17, 15) is 24.3 Å². The van der Waals surface area contributed by atoms with Crippen molar-refractivity contribution >= 4 is 57.1 Å². The van der Waals surface area contributed by atoms with Gasteiger partial charge in [0.1, 0.15) is 11.7 Å². The SMILES string of the molecule is [C-]#[N+]c1cnn2c(C(=O)Nc3cc4cn(C56CC(N7CCN(CC8CCN(c9ccc%10c(c9)CN(C9CCC(=O)NC9=O)C%10=O)CC8)CC7)(C5)C6)nc4cc3C(C)(C)O)ccc2c1. The predicted molar refractivity (Wildman–Crippen MR) is 234 cm³/mol. The van der Waals surface area contributed by atoms with E-state index in [1.54, 1.807) is 36.9 Å². The quantitative estimate of drug-likeness (QED) is 0.141. The minimum atomic E-state index is -1.23. The number of rotatable bonds is 9. The van der Waals surface area contributed by atoms with Gasteiger partial charge in [0.15, 0.2) is 0 Å². The Bertz CT molecular complexity index is 2760. The Morgan fingerprint density at radius 3 is 2.48 bits per heavy atom. The van der Waals surface area contributed by atoms with Gasteiger partial charge >= 0.3 is 0 Å². The van der Waals surface area contributed by atoms with Gasteiger partial charge in [-0.15, -0.1) is 0 Å². The van der Waals surface area contributed by atoms with Gasteiger partial charge in [-0.3, -0.25) is 34.1 Å². The molecule has 3 aromatic heterocycles. The van der Waals surface area contributed by atoms with Crippen LogP contribution >= 0.6 is 0 Å². The Balaban J connectivity index is 0.677. The number of piperidine rings is 2. The monoisotopic (exact) mass is 849 g/mol. The molecule has 7 heterocycles. The number of carbonyl (C=O) groups excluding carboxylic acids is 4. The summed E-state index contributed by atoms with van der Waals surface area (Å²) in [5.41, 5.74) is 4.99. The lowest BCUT2D eigenvalue weighted by Crippen LogP contribution is -2.80. The second-order valence-corrected chi connectivity index (χ2v) is 19.4. The van der Waals surface area contributed by atoms with Crippen molar-refractivity contribution in [1.82, 2.24) is 39.4 Å². The first-order valence-corrected chi connectivity index (χ1v) is 22.2. The summed E-state index contributed by atoms with van der Waals surface area (Å²) in [4.78, 5) is 63.8. The number of aliphatic hydroxyl groups is 1. The Labute approximate surface area is 364 Å². The van der Waals surface area contributed by atoms with Crippen LogP contribution in [0.25, 0.3) is 21.3 Å². The maximum absolute atomic E-state index is 13.6. The van der Waals surface area contributed by atoms with Gasteiger partial charge < -0.3 is 25.1 Å². The van der Waals surface area contributed by atoms with Gasteiger partial charge in [-0.05, 0) is 112 Å². The molecule has 5 aromatic rings. The van der Waals surface area contributed by atoms with E-state index in [1.807, 2.05) is 24.3 Å². The van der Waals surface area contributed by atoms with E-state index in [0.29, 0.717) is 52.6 Å². The third kappa shape index (κ3) is 6.67. The zero-order valence-electron chi connectivity index (χ0n) is 35.6. The number of imide groups is 1. The lowest BCUT2D eigenvalue weighted by molar-refractivity contribution is -0.217. The van der Waals surface area contributed by atoms with Crippen LogP contribution in [0.3, 0.4) is 0 Å². The van der Waals surface area contributed by atoms with E-state index in [4.69, 9.17) is 11.7 Å². The average Bonchev–Trinajstić information content (AvgIpc) is 3.94. The van der Waals surface area contributed by atoms with Gasteiger partial charge in [0.25, 0.3) is 11.8 Å². The first kappa shape index (κ1) is 39.7. The summed E-state index contributed by atoms with van der Waals surface area (Å²) in [7, 11) is 0. The van der Waals surface area contributed by atoms with Gasteiger partial charge in [-0.1, -0.05) is 0 Å². The standard InChI is InChI=1S/C47H51N11O5/c1-45(2,63)36-21-37-31(19-38(36)50-43(61)40-7-5-34-20-32(48-3)22-49-58(34)40)25-57(52-37)47-26-46(27-47,28-47)55-16-14-53(15-17-55)23-29-10-12-54(13-11-29)33-4-6-35-30(18-33)24-56(44(35)62)39-8-9-41(59)51-42(39)60/h4-7,18-22,25,29,39,63H,8-17,23-24,26-28H2,1-2H3,(H,50,61)(H,51,59,60). The lowest BCUT2D eigenvalue weighted by Gasteiger charge is -2.74. The average molecular weight is 850 g/mol. The molecular formula is C47H51N11O5. The number of carbonyl (C=O) groups is 4. The fourth-order valence-corrected chi connectivity index (χ4v) is 11.5. The van der Waals surface area contributed by atoms with Crippen LogP contribution in [0.4, 0.5) is 17.1 Å². The number of aromatic nitrogens is 4. The van der Waals surface area contributed by atoms with Crippen LogP contribution in [0.1, 0.15) is 90.8 Å². The van der Waals surface area contributed by atoms with E-state index in [-0.39, 0.29) is 41.1 Å². The molecule has 2 bridgehead atoms. The highest BCUT2D eigenvalue weighted by Gasteiger charge is 2.71. The topological polar surface area (TPSA) is 165 Å². The molecule has 4 aliphatic heterocycles. The maximum Gasteiger partial charge on any atom is 0.274 e. The molecule has 324 valence electrons. The zero-order chi connectivity index (χ0) is 43.4. The molecule has 12 rings (SSSR count). The molecule has 2 aromatic carbocycles. The summed E-state index contributed by atoms with van der Waals surface area (Å²) in [6.07, 6.45) is 9.62. The molecule has 63 heavy (non-hydrogen) atoms. The molecule has 6 fully saturated rings. The number of hydrogen-bond donors (Lipinski definition) is 3. The van der Waals surface area contributed by atoms with Crippen molar-refractivity contribution in [3.05, 3.63) is 94.7 Å². The number of piperazine rings is 1. The molecule has 3 saturated heterocycles. The third-order valence-electron chi connectivity index (χ3n) is 14.9. The fraction of sp³-hybridized carbons (Fsp3) is 0.468. The Hall–Kier alpha value is -6.15. The highest BCUT2D eigenvalue weighted by molar-refractivity contribution is 6.06. The fourth-order valence-electron chi connectivity index (χ4n) is 11.5. The van der Waals surface area contributed by atoms with Crippen molar-refractivity contribution < 1.29 is 24.3 Å². The van der Waals surface area contributed by atoms with E-state index in [2.05, 4.69) is 52.2 Å². The number of nitrogens with one attached hydrogen (secondary N) is 2. The Kier molecular flexibility index (Phi) is 9.10. The number of anilines is 2. The second-order valence-electron chi connectivity index (χ2n) is 19.4. The molecule has 16 heteroatoms. The summed E-state index contributed by atoms with van der Waals surface area (Å²) in [5, 5.41) is 26.9. The van der Waals surface area contributed by atoms with Crippen molar-refractivity contribution in [3.8, 4) is 0 Å². The van der Waals surface area contributed by atoms with Crippen LogP contribution in [0.15, 0.2) is 60.9 Å². The van der Waals surface area contributed by atoms with Crippen LogP contribution in [0, 0.1) is 12.5 Å². The molecular weight excluding hydrogens is 799 g/mol. The molecule has 3 N–H and O–H groups in total. The minimum Gasteiger partial charge on any atom is -0.386 e. The highest BCUT2D eigenvalue weighted by atomic mass is 16.3. The third-order valence-corrected chi connectivity index (χ3v) is 14.9. The van der Waals surface area contributed by atoms with Crippen molar-refractivity contribution in [2.24, 2.45) is 5.92 Å². The Morgan fingerprint density at radius 1 is 0.968 bits per heavy atom. The van der Waals surface area contributed by atoms with Crippen molar-refractivity contribution in [2.75, 3.05) is 56.0 Å². The number of nitrogens with zero attached hydrogens (tertiary/aromatic N) is 9. The second kappa shape index (κ2) is 14.4. The van der Waals surface area contributed by atoms with E-state index in [0.717, 1.165) is 100 Å². The highest BCUT2D eigenvalue weighted by Crippen LogP contribution is 2.68. The zero-order valence-corrected chi connectivity index (χ0v) is 35.6. The van der Waals surface area contributed by atoms with E-state index < -0.39 is 11.6 Å². The van der Waals surface area contributed by atoms with Crippen LogP contribution in [0.5, 0.6) is 0 Å². The van der Waals surface area contributed by atoms with E-state index >= 15 is 0 Å². The molecule has 1 unspecified atom stereocenters. The molecule has 16 nitrogen and oxygen atoms in total. The van der Waals surface area contributed by atoms with Crippen molar-refractivity contribution in [3.63, 3.8) is 0 Å². The molecule has 4 amide bonds. The van der Waals surface area contributed by atoms with Crippen LogP contribution in [-0.4, -0.2) is 120 Å². The smallest absolute Gasteiger partial charge is 0.274 e. The number of hydrogen-bond acceptors (Lipinski definition) is 10. The number of fused-ring (bicyclic) bond motifs is 3. The molecule has 3 aliphatic carbocycles. The van der Waals surface area contributed by atoms with Gasteiger partial charge in [0.05, 0.1) is 34.9 Å². The normalized spacial score (nSPS) is 25.5. The minimum absolute atomic E-state index is 0.00949.